The maximum absolute atomic E-state index is 14.5. The number of alkyl halides is 2. The first kappa shape index (κ1) is 16.9. The van der Waals surface area contributed by atoms with Gasteiger partial charge in [-0.05, 0) is 37.5 Å². The van der Waals surface area contributed by atoms with E-state index < -0.39 is 17.8 Å². The van der Waals surface area contributed by atoms with Gasteiger partial charge in [0, 0.05) is 5.56 Å². The molecule has 1 aromatic carbocycles. The Kier molecular flexibility index (Phi) is 5.89. The Morgan fingerprint density at radius 3 is 2.64 bits per heavy atom. The average Bonchev–Trinajstić information content (AvgIpc) is 2.49. The molecule has 0 aliphatic carbocycles. The lowest BCUT2D eigenvalue weighted by molar-refractivity contribution is 0.0659. The van der Waals surface area contributed by atoms with E-state index in [-0.39, 0.29) is 30.6 Å². The van der Waals surface area contributed by atoms with Gasteiger partial charge in [0.2, 0.25) is 0 Å². The molecule has 5 heteroatoms. The van der Waals surface area contributed by atoms with Gasteiger partial charge >= 0.3 is 0 Å². The summed E-state index contributed by atoms with van der Waals surface area (Å²) in [5, 5.41) is 0. The average molecular weight is 314 g/mol. The molecule has 0 fully saturated rings. The molecule has 0 radical (unpaired) electrons. The van der Waals surface area contributed by atoms with Gasteiger partial charge in [0.25, 0.3) is 6.43 Å². The second-order valence-corrected chi connectivity index (χ2v) is 5.26. The van der Waals surface area contributed by atoms with Crippen molar-refractivity contribution in [3.05, 3.63) is 35.2 Å². The molecule has 1 unspecified atom stereocenters. The molecule has 2 nitrogen and oxygen atoms in total. The van der Waals surface area contributed by atoms with E-state index in [2.05, 4.69) is 6.92 Å². The normalized spacial score (nSPS) is 18.5. The van der Waals surface area contributed by atoms with Crippen LogP contribution in [0.2, 0.25) is 0 Å². The predicted octanol–water partition coefficient (Wildman–Crippen LogP) is 5.13. The summed E-state index contributed by atoms with van der Waals surface area (Å²) in [5.74, 6) is -1.01. The van der Waals surface area contributed by atoms with Crippen LogP contribution >= 0.6 is 0 Å². The van der Waals surface area contributed by atoms with E-state index in [9.17, 15) is 13.2 Å². The third-order valence-electron chi connectivity index (χ3n) is 3.72. The monoisotopic (exact) mass is 314 g/mol. The first-order valence-corrected chi connectivity index (χ1v) is 7.62. The Morgan fingerprint density at radius 2 is 2.09 bits per heavy atom. The number of benzene rings is 1. The quantitative estimate of drug-likeness (QED) is 0.724. The molecule has 1 atom stereocenters. The lowest BCUT2D eigenvalue weighted by atomic mass is 9.97. The molecule has 1 aliphatic rings. The molecular weight excluding hydrogens is 293 g/mol. The maximum atomic E-state index is 14.5. The van der Waals surface area contributed by atoms with Gasteiger partial charge in [-0.25, -0.2) is 13.2 Å². The van der Waals surface area contributed by atoms with Gasteiger partial charge in [-0.15, -0.1) is 0 Å². The smallest absolute Gasteiger partial charge is 0.270 e. The molecule has 0 saturated heterocycles. The van der Waals surface area contributed by atoms with Crippen LogP contribution in [0.5, 0.6) is 5.75 Å². The summed E-state index contributed by atoms with van der Waals surface area (Å²) in [6.45, 7) is 4.21. The van der Waals surface area contributed by atoms with Crippen LogP contribution in [0.1, 0.15) is 50.7 Å². The van der Waals surface area contributed by atoms with Gasteiger partial charge < -0.3 is 9.47 Å². The predicted molar refractivity (Wildman–Crippen MR) is 79.8 cm³/mol. The Bertz CT molecular complexity index is 541. The minimum Gasteiger partial charge on any atom is -0.493 e. The Hall–Kier alpha value is -1.49. The minimum absolute atomic E-state index is 0.0973. The number of hydrogen-bond acceptors (Lipinski definition) is 2. The lowest BCUT2D eigenvalue weighted by Gasteiger charge is -2.23. The van der Waals surface area contributed by atoms with Crippen LogP contribution in [0, 0.1) is 5.82 Å². The molecule has 1 aliphatic heterocycles. The molecule has 0 bridgehead atoms. The first-order chi connectivity index (χ1) is 10.6. The summed E-state index contributed by atoms with van der Waals surface area (Å²) in [6.07, 6.45) is 1.74. The van der Waals surface area contributed by atoms with Gasteiger partial charge in [-0.3, -0.25) is 0 Å². The highest BCUT2D eigenvalue weighted by Gasteiger charge is 2.25. The van der Waals surface area contributed by atoms with Crippen LogP contribution in [0.4, 0.5) is 13.2 Å². The van der Waals surface area contributed by atoms with Crippen LogP contribution in [-0.2, 0) is 4.74 Å². The highest BCUT2D eigenvalue weighted by atomic mass is 19.3. The lowest BCUT2D eigenvalue weighted by Crippen LogP contribution is -2.18. The molecule has 0 spiro atoms. The molecule has 1 heterocycles. The number of halogens is 3. The zero-order valence-corrected chi connectivity index (χ0v) is 12.9. The summed E-state index contributed by atoms with van der Waals surface area (Å²) in [5.41, 5.74) is 0.124. The van der Waals surface area contributed by atoms with Crippen molar-refractivity contribution < 1.29 is 22.6 Å². The first-order valence-electron chi connectivity index (χ1n) is 7.62. The summed E-state index contributed by atoms with van der Waals surface area (Å²) in [4.78, 5) is 0. The second kappa shape index (κ2) is 7.68. The molecule has 0 N–H and O–H groups in total. The minimum atomic E-state index is -2.92. The van der Waals surface area contributed by atoms with Crippen molar-refractivity contribution >= 4 is 5.57 Å². The Labute approximate surface area is 128 Å². The standard InChI is InChI=1S/C17H21F3O2/c1-3-5-12-7-6-11(10-22-12)13-8-9-14(21-4-2)15(16(13)18)17(19)20/h6,8-9,12,17H,3-5,7,10H2,1-2H3. The van der Waals surface area contributed by atoms with Crippen LogP contribution < -0.4 is 4.74 Å². The van der Waals surface area contributed by atoms with E-state index in [1.54, 1.807) is 6.92 Å². The topological polar surface area (TPSA) is 18.5 Å². The van der Waals surface area contributed by atoms with Gasteiger partial charge in [0.15, 0.2) is 0 Å². The summed E-state index contributed by atoms with van der Waals surface area (Å²) in [7, 11) is 0. The third-order valence-corrected chi connectivity index (χ3v) is 3.72. The molecule has 122 valence electrons. The van der Waals surface area contributed by atoms with Crippen molar-refractivity contribution in [2.75, 3.05) is 13.2 Å². The van der Waals surface area contributed by atoms with E-state index in [1.807, 2.05) is 6.08 Å². The highest BCUT2D eigenvalue weighted by molar-refractivity contribution is 5.69. The Morgan fingerprint density at radius 1 is 1.32 bits per heavy atom. The summed E-state index contributed by atoms with van der Waals surface area (Å²) < 4.78 is 51.5. The number of ether oxygens (including phenoxy) is 2. The van der Waals surface area contributed by atoms with Gasteiger partial charge in [-0.1, -0.05) is 19.4 Å². The van der Waals surface area contributed by atoms with E-state index in [1.165, 1.54) is 12.1 Å². The molecule has 0 aromatic heterocycles. The molecule has 22 heavy (non-hydrogen) atoms. The molecule has 0 saturated carbocycles. The molecular formula is C17H21F3O2. The van der Waals surface area contributed by atoms with E-state index in [4.69, 9.17) is 9.47 Å². The summed E-state index contributed by atoms with van der Waals surface area (Å²) in [6, 6.07) is 2.89. The molecule has 2 rings (SSSR count). The van der Waals surface area contributed by atoms with Gasteiger partial charge in [-0.2, -0.15) is 0 Å². The zero-order valence-electron chi connectivity index (χ0n) is 12.9. The molecule has 0 amide bonds. The Balaban J connectivity index is 2.31. The largest absolute Gasteiger partial charge is 0.493 e. The van der Waals surface area contributed by atoms with E-state index >= 15 is 0 Å². The van der Waals surface area contributed by atoms with Crippen molar-refractivity contribution in [3.8, 4) is 5.75 Å². The van der Waals surface area contributed by atoms with Crippen LogP contribution in [0.3, 0.4) is 0 Å². The zero-order chi connectivity index (χ0) is 16.1. The third kappa shape index (κ3) is 3.64. The summed E-state index contributed by atoms with van der Waals surface area (Å²) >= 11 is 0. The number of rotatable bonds is 6. The van der Waals surface area contributed by atoms with E-state index in [0.29, 0.717) is 12.0 Å². The van der Waals surface area contributed by atoms with Crippen LogP contribution in [-0.4, -0.2) is 19.3 Å². The fourth-order valence-electron chi connectivity index (χ4n) is 2.63. The second-order valence-electron chi connectivity index (χ2n) is 5.26. The SMILES string of the molecule is CCCC1CC=C(c2ccc(OCC)c(C(F)F)c2F)CO1. The van der Waals surface area contributed by atoms with E-state index in [0.717, 1.165) is 12.8 Å². The highest BCUT2D eigenvalue weighted by Crippen LogP contribution is 2.36. The van der Waals surface area contributed by atoms with Gasteiger partial charge in [0.1, 0.15) is 11.6 Å². The fraction of sp³-hybridized carbons (Fsp3) is 0.529. The molecule has 1 aromatic rings. The van der Waals surface area contributed by atoms with Crippen molar-refractivity contribution in [3.63, 3.8) is 0 Å². The van der Waals surface area contributed by atoms with Crippen molar-refractivity contribution in [1.29, 1.82) is 0 Å². The number of hydrogen-bond donors (Lipinski definition) is 0. The fourth-order valence-corrected chi connectivity index (χ4v) is 2.63. The van der Waals surface area contributed by atoms with Crippen LogP contribution in [0.15, 0.2) is 18.2 Å². The maximum Gasteiger partial charge on any atom is 0.270 e. The van der Waals surface area contributed by atoms with Crippen LogP contribution in [0.25, 0.3) is 5.57 Å². The van der Waals surface area contributed by atoms with Crippen molar-refractivity contribution in [2.24, 2.45) is 0 Å². The van der Waals surface area contributed by atoms with Crippen molar-refractivity contribution in [1.82, 2.24) is 0 Å². The van der Waals surface area contributed by atoms with Gasteiger partial charge in [0.05, 0.1) is 24.9 Å². The van der Waals surface area contributed by atoms with Crippen molar-refractivity contribution in [2.45, 2.75) is 45.6 Å².